The summed E-state index contributed by atoms with van der Waals surface area (Å²) in [7, 11) is 0. The Morgan fingerprint density at radius 2 is 1.95 bits per heavy atom. The van der Waals surface area contributed by atoms with E-state index in [1.807, 2.05) is 0 Å². The van der Waals surface area contributed by atoms with Crippen molar-refractivity contribution in [3.63, 3.8) is 0 Å². The van der Waals surface area contributed by atoms with Gasteiger partial charge in [-0.1, -0.05) is 0 Å². The Balaban J connectivity index is 2.36. The summed E-state index contributed by atoms with van der Waals surface area (Å²) in [5.41, 5.74) is 0.0573. The molecule has 0 amide bonds. The summed E-state index contributed by atoms with van der Waals surface area (Å²) < 4.78 is 38.7. The van der Waals surface area contributed by atoms with Crippen LogP contribution >= 0.6 is 15.9 Å². The molecule has 0 aliphatic heterocycles. The normalized spacial score (nSPS) is 11.0. The van der Waals surface area contributed by atoms with Crippen molar-refractivity contribution in [1.29, 1.82) is 5.26 Å². The SMILES string of the molecule is Cc1nc(Nc2ccc(C(F)(F)F)cc2C#N)ccc1Br. The van der Waals surface area contributed by atoms with Gasteiger partial charge in [0.2, 0.25) is 0 Å². The highest BCUT2D eigenvalue weighted by molar-refractivity contribution is 9.10. The lowest BCUT2D eigenvalue weighted by Gasteiger charge is -2.11. The third-order valence-electron chi connectivity index (χ3n) is 2.75. The van der Waals surface area contributed by atoms with Crippen LogP contribution in [0.1, 0.15) is 16.8 Å². The molecule has 0 radical (unpaired) electrons. The molecule has 0 unspecified atom stereocenters. The van der Waals surface area contributed by atoms with E-state index in [9.17, 15) is 13.2 Å². The minimum absolute atomic E-state index is 0.0906. The maximum atomic E-state index is 12.6. The van der Waals surface area contributed by atoms with Gasteiger partial charge in [0.15, 0.2) is 0 Å². The predicted octanol–water partition coefficient (Wildman–Crippen LogP) is 4.79. The molecule has 1 heterocycles. The zero-order valence-electron chi connectivity index (χ0n) is 10.8. The molecule has 2 rings (SSSR count). The number of nitriles is 1. The number of aryl methyl sites for hydroxylation is 1. The van der Waals surface area contributed by atoms with E-state index in [4.69, 9.17) is 5.26 Å². The maximum absolute atomic E-state index is 12.6. The third-order valence-corrected chi connectivity index (χ3v) is 3.59. The molecule has 7 heteroatoms. The number of hydrogen-bond acceptors (Lipinski definition) is 3. The highest BCUT2D eigenvalue weighted by atomic mass is 79.9. The van der Waals surface area contributed by atoms with Gasteiger partial charge in [-0.25, -0.2) is 4.98 Å². The van der Waals surface area contributed by atoms with Crippen LogP contribution in [0.5, 0.6) is 0 Å². The maximum Gasteiger partial charge on any atom is 0.416 e. The van der Waals surface area contributed by atoms with Crippen molar-refractivity contribution >= 4 is 27.4 Å². The summed E-state index contributed by atoms with van der Waals surface area (Å²) >= 11 is 3.31. The van der Waals surface area contributed by atoms with Crippen LogP contribution in [0.4, 0.5) is 24.7 Å². The summed E-state index contributed by atoms with van der Waals surface area (Å²) in [6.07, 6.45) is -4.48. The number of rotatable bonds is 2. The molecule has 21 heavy (non-hydrogen) atoms. The van der Waals surface area contributed by atoms with Crippen LogP contribution in [0.2, 0.25) is 0 Å². The fourth-order valence-electron chi connectivity index (χ4n) is 1.67. The second-order valence-corrected chi connectivity index (χ2v) is 5.11. The molecule has 0 atom stereocenters. The Labute approximate surface area is 127 Å². The summed E-state index contributed by atoms with van der Waals surface area (Å²) in [6, 6.07) is 8.14. The van der Waals surface area contributed by atoms with Crippen molar-refractivity contribution in [2.45, 2.75) is 13.1 Å². The van der Waals surface area contributed by atoms with Gasteiger partial charge in [-0.15, -0.1) is 0 Å². The van der Waals surface area contributed by atoms with Gasteiger partial charge >= 0.3 is 6.18 Å². The number of anilines is 2. The third kappa shape index (κ3) is 3.52. The van der Waals surface area contributed by atoms with Gasteiger partial charge in [0, 0.05) is 4.47 Å². The first kappa shape index (κ1) is 15.3. The standard InChI is InChI=1S/C14H9BrF3N3/c1-8-11(15)3-5-13(20-8)21-12-4-2-10(14(16,17)18)6-9(12)7-19/h2-6H,1H3,(H,20,21). The number of hydrogen-bond donors (Lipinski definition) is 1. The molecule has 0 saturated heterocycles. The molecule has 1 aromatic carbocycles. The Hall–Kier alpha value is -2.07. The Morgan fingerprint density at radius 3 is 2.52 bits per heavy atom. The molecule has 0 bridgehead atoms. The van der Waals surface area contributed by atoms with Crippen molar-refractivity contribution in [1.82, 2.24) is 4.98 Å². The van der Waals surface area contributed by atoms with Crippen LogP contribution in [0, 0.1) is 18.3 Å². The molecule has 0 aliphatic rings. The first-order chi connectivity index (χ1) is 9.81. The smallest absolute Gasteiger partial charge is 0.339 e. The second kappa shape index (κ2) is 5.74. The van der Waals surface area contributed by atoms with Crippen molar-refractivity contribution in [3.05, 3.63) is 51.6 Å². The van der Waals surface area contributed by atoms with E-state index in [0.717, 1.165) is 22.3 Å². The summed E-state index contributed by atoms with van der Waals surface area (Å²) in [5.74, 6) is 0.451. The highest BCUT2D eigenvalue weighted by Gasteiger charge is 2.31. The lowest BCUT2D eigenvalue weighted by molar-refractivity contribution is -0.137. The van der Waals surface area contributed by atoms with E-state index in [2.05, 4.69) is 26.2 Å². The number of halogens is 4. The van der Waals surface area contributed by atoms with Crippen molar-refractivity contribution < 1.29 is 13.2 Å². The van der Waals surface area contributed by atoms with Crippen molar-refractivity contribution in [3.8, 4) is 6.07 Å². The van der Waals surface area contributed by atoms with Gasteiger partial charge in [0.05, 0.1) is 22.5 Å². The molecule has 1 N–H and O–H groups in total. The minimum atomic E-state index is -4.48. The molecule has 1 aromatic heterocycles. The molecular weight excluding hydrogens is 347 g/mol. The van der Waals surface area contributed by atoms with Crippen LogP contribution < -0.4 is 5.32 Å². The van der Waals surface area contributed by atoms with Crippen LogP contribution in [0.15, 0.2) is 34.8 Å². The average Bonchev–Trinajstić information content (AvgIpc) is 2.42. The lowest BCUT2D eigenvalue weighted by atomic mass is 10.1. The van der Waals surface area contributed by atoms with Crippen LogP contribution in [0.3, 0.4) is 0 Å². The summed E-state index contributed by atoms with van der Waals surface area (Å²) in [4.78, 5) is 4.22. The molecule has 108 valence electrons. The van der Waals surface area contributed by atoms with Gasteiger partial charge < -0.3 is 5.32 Å². The van der Waals surface area contributed by atoms with Crippen LogP contribution in [-0.2, 0) is 6.18 Å². The predicted molar refractivity (Wildman–Crippen MR) is 76.1 cm³/mol. The number of alkyl halides is 3. The number of nitrogens with one attached hydrogen (secondary N) is 1. The Bertz CT molecular complexity index is 720. The van der Waals surface area contributed by atoms with Gasteiger partial charge in [-0.2, -0.15) is 18.4 Å². The molecular formula is C14H9BrF3N3. The number of nitrogens with zero attached hydrogens (tertiary/aromatic N) is 2. The molecule has 0 aliphatic carbocycles. The Kier molecular flexibility index (Phi) is 4.19. The minimum Gasteiger partial charge on any atom is -0.339 e. The first-order valence-electron chi connectivity index (χ1n) is 5.83. The van der Waals surface area contributed by atoms with Gasteiger partial charge in [-0.05, 0) is 53.2 Å². The van der Waals surface area contributed by atoms with E-state index in [1.165, 1.54) is 6.07 Å². The van der Waals surface area contributed by atoms with E-state index in [-0.39, 0.29) is 11.3 Å². The van der Waals surface area contributed by atoms with Crippen LogP contribution in [-0.4, -0.2) is 4.98 Å². The molecule has 0 spiro atoms. The topological polar surface area (TPSA) is 48.7 Å². The molecule has 2 aromatic rings. The largest absolute Gasteiger partial charge is 0.416 e. The van der Waals surface area contributed by atoms with Gasteiger partial charge in [-0.3, -0.25) is 0 Å². The average molecular weight is 356 g/mol. The first-order valence-corrected chi connectivity index (χ1v) is 6.62. The summed E-state index contributed by atoms with van der Waals surface area (Å²) in [6.45, 7) is 1.78. The Morgan fingerprint density at radius 1 is 1.24 bits per heavy atom. The van der Waals surface area contributed by atoms with E-state index < -0.39 is 11.7 Å². The molecule has 0 saturated carbocycles. The second-order valence-electron chi connectivity index (χ2n) is 4.26. The fourth-order valence-corrected chi connectivity index (χ4v) is 1.89. The quantitative estimate of drug-likeness (QED) is 0.842. The molecule has 0 fully saturated rings. The summed E-state index contributed by atoms with van der Waals surface area (Å²) in [5, 5.41) is 11.8. The number of pyridine rings is 1. The van der Waals surface area contributed by atoms with Crippen molar-refractivity contribution in [2.24, 2.45) is 0 Å². The zero-order valence-corrected chi connectivity index (χ0v) is 12.4. The molecule has 3 nitrogen and oxygen atoms in total. The van der Waals surface area contributed by atoms with E-state index in [1.54, 1.807) is 25.1 Å². The highest BCUT2D eigenvalue weighted by Crippen LogP contribution is 2.32. The zero-order chi connectivity index (χ0) is 15.6. The fraction of sp³-hybridized carbons (Fsp3) is 0.143. The monoisotopic (exact) mass is 355 g/mol. The van der Waals surface area contributed by atoms with Crippen molar-refractivity contribution in [2.75, 3.05) is 5.32 Å². The lowest BCUT2D eigenvalue weighted by Crippen LogP contribution is -2.06. The van der Waals surface area contributed by atoms with Gasteiger partial charge in [0.25, 0.3) is 0 Å². The van der Waals surface area contributed by atoms with E-state index >= 15 is 0 Å². The van der Waals surface area contributed by atoms with Crippen LogP contribution in [0.25, 0.3) is 0 Å². The number of benzene rings is 1. The van der Waals surface area contributed by atoms with E-state index in [0.29, 0.717) is 5.82 Å². The number of aromatic nitrogens is 1. The van der Waals surface area contributed by atoms with Gasteiger partial charge in [0.1, 0.15) is 11.9 Å².